The zero-order valence-electron chi connectivity index (χ0n) is 17.7. The minimum Gasteiger partial charge on any atom is -0.469 e. The van der Waals surface area contributed by atoms with Gasteiger partial charge in [0.05, 0.1) is 32.3 Å². The number of carbonyl (C=O) groups is 1. The summed E-state index contributed by atoms with van der Waals surface area (Å²) in [5, 5.41) is 0.136. The Morgan fingerprint density at radius 2 is 1.81 bits per heavy atom. The lowest BCUT2D eigenvalue weighted by molar-refractivity contribution is -0.151. The van der Waals surface area contributed by atoms with Crippen LogP contribution in [0.5, 0.6) is 0 Å². The molecule has 0 unspecified atom stereocenters. The highest BCUT2D eigenvalue weighted by atomic mass is 28.4. The molecule has 0 N–H and O–H groups in total. The summed E-state index contributed by atoms with van der Waals surface area (Å²) >= 11 is 0. The Morgan fingerprint density at radius 1 is 1.19 bits per heavy atom. The molecule has 3 atom stereocenters. The van der Waals surface area contributed by atoms with Gasteiger partial charge in [-0.1, -0.05) is 20.8 Å². The van der Waals surface area contributed by atoms with Gasteiger partial charge < -0.3 is 18.6 Å². The maximum absolute atomic E-state index is 12.5. The second-order valence-corrected chi connectivity index (χ2v) is 14.3. The molecule has 152 valence electrons. The Labute approximate surface area is 160 Å². The van der Waals surface area contributed by atoms with E-state index in [-0.39, 0.29) is 23.0 Å². The largest absolute Gasteiger partial charge is 0.469 e. The Balaban J connectivity index is 1.98. The molecule has 2 rings (SSSR count). The minimum absolute atomic E-state index is 0.0112. The smallest absolute Gasteiger partial charge is 0.311 e. The number of hydrogen-bond acceptors (Lipinski definition) is 5. The maximum Gasteiger partial charge on any atom is 0.311 e. The molecule has 1 aliphatic heterocycles. The van der Waals surface area contributed by atoms with Crippen LogP contribution in [0.4, 0.5) is 0 Å². The predicted molar refractivity (Wildman–Crippen MR) is 104 cm³/mol. The first-order valence-electron chi connectivity index (χ1n) is 10.0. The summed E-state index contributed by atoms with van der Waals surface area (Å²) in [6.45, 7) is 14.6. The summed E-state index contributed by atoms with van der Waals surface area (Å²) in [7, 11) is -0.424. The van der Waals surface area contributed by atoms with Gasteiger partial charge in [-0.25, -0.2) is 0 Å². The fourth-order valence-corrected chi connectivity index (χ4v) is 5.29. The number of methoxy groups -OCH3 is 1. The highest BCUT2D eigenvalue weighted by Crippen LogP contribution is 2.44. The lowest BCUT2D eigenvalue weighted by Crippen LogP contribution is -2.46. The van der Waals surface area contributed by atoms with E-state index in [1.807, 2.05) is 6.92 Å². The molecule has 26 heavy (non-hydrogen) atoms. The molecule has 6 heteroatoms. The maximum atomic E-state index is 12.5. The van der Waals surface area contributed by atoms with E-state index in [0.29, 0.717) is 19.1 Å². The average Bonchev–Trinajstić information content (AvgIpc) is 3.12. The lowest BCUT2D eigenvalue weighted by Gasteiger charge is -2.39. The summed E-state index contributed by atoms with van der Waals surface area (Å²) in [4.78, 5) is 12.5. The molecule has 0 spiro atoms. The molecule has 2 aliphatic rings. The zero-order chi connectivity index (χ0) is 19.6. The number of esters is 1. The van der Waals surface area contributed by atoms with Gasteiger partial charge in [-0.3, -0.25) is 4.79 Å². The van der Waals surface area contributed by atoms with Gasteiger partial charge in [0.1, 0.15) is 0 Å². The molecular formula is C20H38O5Si. The van der Waals surface area contributed by atoms with Gasteiger partial charge in [0.15, 0.2) is 14.1 Å². The van der Waals surface area contributed by atoms with Gasteiger partial charge in [0.2, 0.25) is 0 Å². The van der Waals surface area contributed by atoms with Crippen LogP contribution in [0.3, 0.4) is 0 Å². The first kappa shape index (κ1) is 21.9. The topological polar surface area (TPSA) is 54.0 Å². The SMILES string of the molecule is COC(=O)[C@@H]1[C@@H](CCCC2(C)OCCO2)CC[C@@H]1O[Si](C)(C)C(C)(C)C. The quantitative estimate of drug-likeness (QED) is 0.476. The van der Waals surface area contributed by atoms with Crippen LogP contribution in [-0.2, 0) is 23.4 Å². The van der Waals surface area contributed by atoms with Gasteiger partial charge >= 0.3 is 5.97 Å². The summed E-state index contributed by atoms with van der Waals surface area (Å²) in [6, 6.07) is 0. The van der Waals surface area contributed by atoms with E-state index in [9.17, 15) is 4.79 Å². The third-order valence-electron chi connectivity index (χ3n) is 6.56. The molecule has 1 saturated heterocycles. The monoisotopic (exact) mass is 386 g/mol. The van der Waals surface area contributed by atoms with E-state index >= 15 is 0 Å². The van der Waals surface area contributed by atoms with E-state index in [1.54, 1.807) is 0 Å². The first-order chi connectivity index (χ1) is 12.0. The van der Waals surface area contributed by atoms with E-state index in [1.165, 1.54) is 7.11 Å². The van der Waals surface area contributed by atoms with Crippen LogP contribution in [-0.4, -0.2) is 46.5 Å². The lowest BCUT2D eigenvalue weighted by atomic mass is 9.89. The summed E-state index contributed by atoms with van der Waals surface area (Å²) in [5.41, 5.74) is 0. The Bertz CT molecular complexity index is 479. The second-order valence-electron chi connectivity index (χ2n) is 9.53. The number of carbonyl (C=O) groups excluding carboxylic acids is 1. The second kappa shape index (κ2) is 8.29. The average molecular weight is 387 g/mol. The third-order valence-corrected chi connectivity index (χ3v) is 11.1. The molecule has 0 aromatic carbocycles. The third kappa shape index (κ3) is 5.09. The van der Waals surface area contributed by atoms with Crippen molar-refractivity contribution in [3.63, 3.8) is 0 Å². The van der Waals surface area contributed by atoms with Crippen molar-refractivity contribution in [2.75, 3.05) is 20.3 Å². The molecule has 1 saturated carbocycles. The van der Waals surface area contributed by atoms with Crippen molar-refractivity contribution >= 4 is 14.3 Å². The Hall–Kier alpha value is -0.433. The van der Waals surface area contributed by atoms with Crippen molar-refractivity contribution in [3.05, 3.63) is 0 Å². The zero-order valence-corrected chi connectivity index (χ0v) is 18.7. The molecule has 0 amide bonds. The number of ether oxygens (including phenoxy) is 3. The minimum atomic E-state index is -1.91. The highest BCUT2D eigenvalue weighted by Gasteiger charge is 2.47. The highest BCUT2D eigenvalue weighted by molar-refractivity contribution is 6.74. The predicted octanol–water partition coefficient (Wildman–Crippen LogP) is 4.51. The van der Waals surface area contributed by atoms with Crippen LogP contribution < -0.4 is 0 Å². The van der Waals surface area contributed by atoms with Gasteiger partial charge in [-0.15, -0.1) is 0 Å². The standard InChI is InChI=1S/C20H38O5Si/c1-19(2,3)26(6,7)25-16-11-10-15(17(16)18(21)22-5)9-8-12-20(4)23-13-14-24-20/h15-17H,8-14H2,1-7H3/t15-,16-,17+/m0/s1. The molecule has 0 aromatic rings. The van der Waals surface area contributed by atoms with Crippen molar-refractivity contribution in [2.45, 2.75) is 89.8 Å². The summed E-state index contributed by atoms with van der Waals surface area (Å²) in [5.74, 6) is -0.387. The Kier molecular flexibility index (Phi) is 6.97. The fraction of sp³-hybridized carbons (Fsp3) is 0.950. The normalized spacial score (nSPS) is 29.1. The molecule has 0 aromatic heterocycles. The van der Waals surface area contributed by atoms with Crippen LogP contribution in [0.15, 0.2) is 0 Å². The van der Waals surface area contributed by atoms with E-state index in [2.05, 4.69) is 33.9 Å². The molecule has 0 radical (unpaired) electrons. The number of hydrogen-bond donors (Lipinski definition) is 0. The van der Waals surface area contributed by atoms with Gasteiger partial charge in [0, 0.05) is 6.42 Å². The van der Waals surface area contributed by atoms with Crippen molar-refractivity contribution in [1.82, 2.24) is 0 Å². The first-order valence-corrected chi connectivity index (χ1v) is 12.9. The van der Waals surface area contributed by atoms with Gasteiger partial charge in [0.25, 0.3) is 0 Å². The molecular weight excluding hydrogens is 348 g/mol. The molecule has 5 nitrogen and oxygen atoms in total. The summed E-state index contributed by atoms with van der Waals surface area (Å²) in [6.07, 6.45) is 4.80. The number of rotatable bonds is 7. The van der Waals surface area contributed by atoms with E-state index < -0.39 is 14.1 Å². The van der Waals surface area contributed by atoms with Crippen LogP contribution in [0.1, 0.15) is 59.8 Å². The molecule has 0 bridgehead atoms. The van der Waals surface area contributed by atoms with Gasteiger partial charge in [-0.05, 0) is 56.7 Å². The van der Waals surface area contributed by atoms with Crippen LogP contribution in [0, 0.1) is 11.8 Å². The van der Waals surface area contributed by atoms with Crippen molar-refractivity contribution in [1.29, 1.82) is 0 Å². The van der Waals surface area contributed by atoms with E-state index in [4.69, 9.17) is 18.6 Å². The van der Waals surface area contributed by atoms with Crippen molar-refractivity contribution < 1.29 is 23.4 Å². The van der Waals surface area contributed by atoms with Crippen LogP contribution >= 0.6 is 0 Å². The van der Waals surface area contributed by atoms with Crippen molar-refractivity contribution in [2.24, 2.45) is 11.8 Å². The summed E-state index contributed by atoms with van der Waals surface area (Å²) < 4.78 is 23.1. The fourth-order valence-electron chi connectivity index (χ4n) is 3.92. The molecule has 2 fully saturated rings. The molecule has 1 aliphatic carbocycles. The van der Waals surface area contributed by atoms with Crippen LogP contribution in [0.25, 0.3) is 0 Å². The van der Waals surface area contributed by atoms with Crippen molar-refractivity contribution in [3.8, 4) is 0 Å². The molecule has 1 heterocycles. The van der Waals surface area contributed by atoms with E-state index in [0.717, 1.165) is 32.1 Å². The van der Waals surface area contributed by atoms with Gasteiger partial charge in [-0.2, -0.15) is 0 Å². The Morgan fingerprint density at radius 3 is 2.35 bits per heavy atom. The van der Waals surface area contributed by atoms with Crippen LogP contribution in [0.2, 0.25) is 18.1 Å².